The summed E-state index contributed by atoms with van der Waals surface area (Å²) in [7, 11) is -3.90. The summed E-state index contributed by atoms with van der Waals surface area (Å²) in [6, 6.07) is 14.2. The van der Waals surface area contributed by atoms with E-state index in [1.165, 1.54) is 18.2 Å². The van der Waals surface area contributed by atoms with E-state index in [-0.39, 0.29) is 9.79 Å². The maximum Gasteiger partial charge on any atom is 0.355 e. The standard InChI is InChI=1S/C15H9BrO4S/c16-11-6-7-13-10(8-11)9-14(15(17)20-13)21(18,19)12-4-2-1-3-5-12/h1-9H. The van der Waals surface area contributed by atoms with Crippen LogP contribution >= 0.6 is 15.9 Å². The van der Waals surface area contributed by atoms with Crippen LogP contribution in [0.1, 0.15) is 0 Å². The first-order valence-electron chi connectivity index (χ1n) is 6.02. The van der Waals surface area contributed by atoms with Crippen LogP contribution in [-0.4, -0.2) is 8.42 Å². The topological polar surface area (TPSA) is 64.3 Å². The van der Waals surface area contributed by atoms with Crippen molar-refractivity contribution in [1.82, 2.24) is 0 Å². The van der Waals surface area contributed by atoms with E-state index >= 15 is 0 Å². The highest BCUT2D eigenvalue weighted by molar-refractivity contribution is 9.10. The summed E-state index contributed by atoms with van der Waals surface area (Å²) in [5, 5.41) is 0.540. The minimum atomic E-state index is -3.90. The Balaban J connectivity index is 2.30. The molecule has 3 aromatic rings. The van der Waals surface area contributed by atoms with Crippen molar-refractivity contribution in [3.8, 4) is 0 Å². The molecule has 0 saturated heterocycles. The lowest BCUT2D eigenvalue weighted by Gasteiger charge is -2.04. The Morgan fingerprint density at radius 1 is 0.952 bits per heavy atom. The third kappa shape index (κ3) is 2.52. The number of hydrogen-bond acceptors (Lipinski definition) is 4. The van der Waals surface area contributed by atoms with Crippen LogP contribution in [0.4, 0.5) is 0 Å². The smallest absolute Gasteiger partial charge is 0.355 e. The van der Waals surface area contributed by atoms with Crippen molar-refractivity contribution in [2.24, 2.45) is 0 Å². The molecule has 0 amide bonds. The number of halogens is 1. The van der Waals surface area contributed by atoms with Crippen molar-refractivity contribution in [2.45, 2.75) is 9.79 Å². The second-order valence-electron chi connectivity index (χ2n) is 4.40. The minimum Gasteiger partial charge on any atom is -0.422 e. The molecule has 0 spiro atoms. The van der Waals surface area contributed by atoms with Crippen molar-refractivity contribution >= 4 is 36.7 Å². The fraction of sp³-hybridized carbons (Fsp3) is 0. The van der Waals surface area contributed by atoms with E-state index in [1.54, 1.807) is 36.4 Å². The van der Waals surface area contributed by atoms with E-state index in [4.69, 9.17) is 4.42 Å². The molecule has 0 bridgehead atoms. The van der Waals surface area contributed by atoms with Crippen LogP contribution in [0.2, 0.25) is 0 Å². The van der Waals surface area contributed by atoms with E-state index in [0.29, 0.717) is 11.0 Å². The van der Waals surface area contributed by atoms with Crippen molar-refractivity contribution in [3.63, 3.8) is 0 Å². The zero-order valence-corrected chi connectivity index (χ0v) is 13.0. The van der Waals surface area contributed by atoms with Gasteiger partial charge in [0.15, 0.2) is 4.90 Å². The summed E-state index contributed by atoms with van der Waals surface area (Å²) in [4.78, 5) is 11.7. The maximum absolute atomic E-state index is 12.5. The molecule has 0 aliphatic carbocycles. The number of benzene rings is 2. The average Bonchev–Trinajstić information content (AvgIpc) is 2.48. The Morgan fingerprint density at radius 3 is 2.38 bits per heavy atom. The molecule has 0 unspecified atom stereocenters. The van der Waals surface area contributed by atoms with Crippen LogP contribution in [-0.2, 0) is 9.84 Å². The Morgan fingerprint density at radius 2 is 1.67 bits per heavy atom. The fourth-order valence-electron chi connectivity index (χ4n) is 1.99. The number of hydrogen-bond donors (Lipinski definition) is 0. The molecule has 2 aromatic carbocycles. The Kier molecular flexibility index (Phi) is 3.43. The van der Waals surface area contributed by atoms with E-state index in [0.717, 1.165) is 4.47 Å². The van der Waals surface area contributed by atoms with Crippen LogP contribution in [0.3, 0.4) is 0 Å². The predicted molar refractivity (Wildman–Crippen MR) is 82.1 cm³/mol. The molecule has 1 aromatic heterocycles. The highest BCUT2D eigenvalue weighted by Crippen LogP contribution is 2.23. The molecule has 0 aliphatic heterocycles. The van der Waals surface area contributed by atoms with Crippen molar-refractivity contribution in [2.75, 3.05) is 0 Å². The average molecular weight is 365 g/mol. The van der Waals surface area contributed by atoms with Gasteiger partial charge in [-0.3, -0.25) is 0 Å². The lowest BCUT2D eigenvalue weighted by Crippen LogP contribution is -2.14. The molecular weight excluding hydrogens is 356 g/mol. The van der Waals surface area contributed by atoms with Crippen LogP contribution in [0.5, 0.6) is 0 Å². The molecule has 106 valence electrons. The molecular formula is C15H9BrO4S. The van der Waals surface area contributed by atoms with Gasteiger partial charge in [0.05, 0.1) is 4.90 Å². The summed E-state index contributed by atoms with van der Waals surface area (Å²) >= 11 is 3.30. The van der Waals surface area contributed by atoms with Gasteiger partial charge in [-0.2, -0.15) is 0 Å². The van der Waals surface area contributed by atoms with Crippen LogP contribution in [0.15, 0.2) is 78.1 Å². The van der Waals surface area contributed by atoms with Gasteiger partial charge in [-0.25, -0.2) is 13.2 Å². The summed E-state index contributed by atoms with van der Waals surface area (Å²) in [6.07, 6.45) is 0. The quantitative estimate of drug-likeness (QED) is 0.653. The number of rotatable bonds is 2. The van der Waals surface area contributed by atoms with Gasteiger partial charge in [-0.1, -0.05) is 34.1 Å². The molecule has 21 heavy (non-hydrogen) atoms. The van der Waals surface area contributed by atoms with Gasteiger partial charge in [-0.05, 0) is 36.4 Å². The maximum atomic E-state index is 12.5. The summed E-state index contributed by atoms with van der Waals surface area (Å²) in [5.74, 6) is 0. The third-order valence-corrected chi connectivity index (χ3v) is 5.25. The normalized spacial score (nSPS) is 11.7. The highest BCUT2D eigenvalue weighted by Gasteiger charge is 2.22. The third-order valence-electron chi connectivity index (χ3n) is 3.01. The van der Waals surface area contributed by atoms with E-state index in [2.05, 4.69) is 15.9 Å². The van der Waals surface area contributed by atoms with Crippen molar-refractivity contribution < 1.29 is 12.8 Å². The zero-order valence-electron chi connectivity index (χ0n) is 10.6. The highest BCUT2D eigenvalue weighted by atomic mass is 79.9. The molecule has 0 atom stereocenters. The van der Waals surface area contributed by atoms with Gasteiger partial charge >= 0.3 is 5.63 Å². The number of sulfone groups is 1. The van der Waals surface area contributed by atoms with Gasteiger partial charge in [0.2, 0.25) is 9.84 Å². The largest absolute Gasteiger partial charge is 0.422 e. The van der Waals surface area contributed by atoms with Crippen LogP contribution in [0.25, 0.3) is 11.0 Å². The van der Waals surface area contributed by atoms with Gasteiger partial charge in [0.25, 0.3) is 0 Å². The second kappa shape index (κ2) is 5.13. The Hall–Kier alpha value is -1.92. The molecule has 3 rings (SSSR count). The summed E-state index contributed by atoms with van der Waals surface area (Å²) < 4.78 is 30.9. The first kappa shape index (κ1) is 14.0. The van der Waals surface area contributed by atoms with Gasteiger partial charge in [-0.15, -0.1) is 0 Å². The Bertz CT molecular complexity index is 975. The molecule has 1 heterocycles. The first-order chi connectivity index (χ1) is 9.98. The summed E-state index contributed by atoms with van der Waals surface area (Å²) in [6.45, 7) is 0. The molecule has 6 heteroatoms. The lowest BCUT2D eigenvalue weighted by atomic mass is 10.2. The molecule has 0 fully saturated rings. The van der Waals surface area contributed by atoms with Gasteiger partial charge in [0, 0.05) is 9.86 Å². The molecule has 0 saturated carbocycles. The molecule has 0 radical (unpaired) electrons. The van der Waals surface area contributed by atoms with E-state index in [9.17, 15) is 13.2 Å². The SMILES string of the molecule is O=c1oc2ccc(Br)cc2cc1S(=O)(=O)c1ccccc1. The first-order valence-corrected chi connectivity index (χ1v) is 8.30. The minimum absolute atomic E-state index is 0.0617. The number of fused-ring (bicyclic) bond motifs is 1. The predicted octanol–water partition coefficient (Wildman–Crippen LogP) is 3.39. The molecule has 0 aliphatic rings. The van der Waals surface area contributed by atoms with E-state index in [1.807, 2.05) is 0 Å². The van der Waals surface area contributed by atoms with E-state index < -0.39 is 15.5 Å². The second-order valence-corrected chi connectivity index (χ2v) is 7.23. The van der Waals surface area contributed by atoms with Crippen molar-refractivity contribution in [1.29, 1.82) is 0 Å². The molecule has 0 N–H and O–H groups in total. The van der Waals surface area contributed by atoms with Gasteiger partial charge in [0.1, 0.15) is 5.58 Å². The monoisotopic (exact) mass is 364 g/mol. The summed E-state index contributed by atoms with van der Waals surface area (Å²) in [5.41, 5.74) is -0.524. The van der Waals surface area contributed by atoms with Gasteiger partial charge < -0.3 is 4.42 Å². The lowest BCUT2D eigenvalue weighted by molar-refractivity contribution is 0.532. The zero-order chi connectivity index (χ0) is 15.0. The molecule has 4 nitrogen and oxygen atoms in total. The van der Waals surface area contributed by atoms with Crippen LogP contribution in [0, 0.1) is 0 Å². The Labute approximate surface area is 129 Å². The fourth-order valence-corrected chi connectivity index (χ4v) is 3.68. The van der Waals surface area contributed by atoms with Crippen LogP contribution < -0.4 is 5.63 Å². The van der Waals surface area contributed by atoms with Crippen molar-refractivity contribution in [3.05, 3.63) is 69.5 Å².